The molecule has 7 heteroatoms. The van der Waals surface area contributed by atoms with Crippen LogP contribution in [-0.2, 0) is 14.3 Å². The molecular weight excluding hydrogens is 328 g/mol. The van der Waals surface area contributed by atoms with Crippen LogP contribution in [0.3, 0.4) is 0 Å². The van der Waals surface area contributed by atoms with Gasteiger partial charge in [-0.1, -0.05) is 0 Å². The topological polar surface area (TPSA) is 98.5 Å². The predicted molar refractivity (Wildman–Crippen MR) is 97.5 cm³/mol. The summed E-state index contributed by atoms with van der Waals surface area (Å²) in [4.78, 5) is 35.0. The van der Waals surface area contributed by atoms with Crippen molar-refractivity contribution in [2.24, 2.45) is 0 Å². The maximum absolute atomic E-state index is 12.1. The number of benzene rings is 1. The molecule has 3 N–H and O–H groups in total. The Balaban J connectivity index is 2.57. The minimum absolute atomic E-state index is 0.0359. The van der Waals surface area contributed by atoms with Crippen molar-refractivity contribution in [2.45, 2.75) is 26.2 Å². The van der Waals surface area contributed by atoms with Gasteiger partial charge in [0.25, 0.3) is 0 Å². The molecule has 0 spiro atoms. The average molecular weight is 352 g/mol. The van der Waals surface area contributed by atoms with E-state index in [2.05, 4.69) is 5.32 Å². The van der Waals surface area contributed by atoms with E-state index in [0.29, 0.717) is 29.3 Å². The minimum Gasteiger partial charge on any atom is -0.399 e. The van der Waals surface area contributed by atoms with E-state index < -0.39 is 0 Å². The number of Topliss-reactive ketones (excluding diaryl/α,β-unsaturated/α-hetero) is 2. The highest BCUT2D eigenvalue weighted by Crippen LogP contribution is 2.19. The van der Waals surface area contributed by atoms with Gasteiger partial charge >= 0.3 is 0 Å². The summed E-state index contributed by atoms with van der Waals surface area (Å²) < 4.78 is 4.95. The van der Waals surface area contributed by atoms with Gasteiger partial charge in [0.15, 0.2) is 5.78 Å². The highest BCUT2D eigenvalue weighted by Gasteiger charge is 2.11. The molecule has 1 amide bonds. The Morgan fingerprint density at radius 1 is 1.21 bits per heavy atom. The first-order valence-electron chi connectivity index (χ1n) is 7.72. The fraction of sp³-hybridized carbons (Fsp3) is 0.471. The van der Waals surface area contributed by atoms with E-state index in [4.69, 9.17) is 10.5 Å². The summed E-state index contributed by atoms with van der Waals surface area (Å²) in [5.74, 6) is 0.817. The summed E-state index contributed by atoms with van der Waals surface area (Å²) in [5, 5.41) is 2.74. The number of ether oxygens (including phenoxy) is 1. The Morgan fingerprint density at radius 3 is 2.62 bits per heavy atom. The molecule has 0 saturated carbocycles. The summed E-state index contributed by atoms with van der Waals surface area (Å²) in [6.07, 6.45) is 1.23. The Morgan fingerprint density at radius 2 is 1.96 bits per heavy atom. The molecule has 0 unspecified atom stereocenters. The molecule has 0 radical (unpaired) electrons. The molecule has 1 aromatic rings. The molecule has 1 aromatic carbocycles. The van der Waals surface area contributed by atoms with Gasteiger partial charge in [-0.05, 0) is 37.3 Å². The number of amides is 1. The third-order valence-corrected chi connectivity index (χ3v) is 4.18. The van der Waals surface area contributed by atoms with E-state index in [0.717, 1.165) is 12.2 Å². The second kappa shape index (κ2) is 10.8. The van der Waals surface area contributed by atoms with Crippen LogP contribution in [0.1, 0.15) is 36.5 Å². The number of nitrogen functional groups attached to an aromatic ring is 1. The van der Waals surface area contributed by atoms with Gasteiger partial charge in [-0.2, -0.15) is 11.8 Å². The average Bonchev–Trinajstić information content (AvgIpc) is 2.51. The van der Waals surface area contributed by atoms with Crippen LogP contribution in [0, 0.1) is 0 Å². The summed E-state index contributed by atoms with van der Waals surface area (Å²) >= 11 is 1.52. The van der Waals surface area contributed by atoms with E-state index in [-0.39, 0.29) is 30.3 Å². The summed E-state index contributed by atoms with van der Waals surface area (Å²) in [7, 11) is 1.65. The molecule has 6 nitrogen and oxygen atoms in total. The van der Waals surface area contributed by atoms with E-state index in [1.807, 2.05) is 0 Å². The monoisotopic (exact) mass is 352 g/mol. The SMILES string of the molecule is COCCCSCC(=O)Nc1cc(N)cc(C(=O)CCC(C)=O)c1. The van der Waals surface area contributed by atoms with Crippen molar-refractivity contribution in [3.05, 3.63) is 23.8 Å². The van der Waals surface area contributed by atoms with Crippen molar-refractivity contribution in [3.8, 4) is 0 Å². The Hall–Kier alpha value is -1.86. The fourth-order valence-corrected chi connectivity index (χ4v) is 2.71. The van der Waals surface area contributed by atoms with Gasteiger partial charge in [-0.3, -0.25) is 9.59 Å². The third kappa shape index (κ3) is 8.12. The molecule has 0 aliphatic carbocycles. The lowest BCUT2D eigenvalue weighted by atomic mass is 10.0. The molecule has 24 heavy (non-hydrogen) atoms. The smallest absolute Gasteiger partial charge is 0.234 e. The van der Waals surface area contributed by atoms with Gasteiger partial charge in [0.05, 0.1) is 5.75 Å². The summed E-state index contributed by atoms with van der Waals surface area (Å²) in [6, 6.07) is 4.75. The van der Waals surface area contributed by atoms with Crippen molar-refractivity contribution >= 4 is 40.6 Å². The quantitative estimate of drug-likeness (QED) is 0.361. The van der Waals surface area contributed by atoms with Crippen molar-refractivity contribution < 1.29 is 19.1 Å². The molecule has 0 bridgehead atoms. The van der Waals surface area contributed by atoms with Gasteiger partial charge in [0.2, 0.25) is 5.91 Å². The van der Waals surface area contributed by atoms with Crippen LogP contribution < -0.4 is 11.1 Å². The normalized spacial score (nSPS) is 10.4. The Labute approximate surface area is 146 Å². The molecule has 0 aliphatic rings. The molecule has 0 atom stereocenters. The minimum atomic E-state index is -0.165. The van der Waals surface area contributed by atoms with Crippen LogP contribution in [0.2, 0.25) is 0 Å². The number of carbonyl (C=O) groups excluding carboxylic acids is 3. The van der Waals surface area contributed by atoms with Gasteiger partial charge in [0.1, 0.15) is 5.78 Å². The molecule has 1 rings (SSSR count). The van der Waals surface area contributed by atoms with Gasteiger partial charge in [0, 0.05) is 43.5 Å². The first-order chi connectivity index (χ1) is 11.4. The number of methoxy groups -OCH3 is 1. The number of rotatable bonds is 11. The van der Waals surface area contributed by atoms with Crippen molar-refractivity contribution in [1.82, 2.24) is 0 Å². The third-order valence-electron chi connectivity index (χ3n) is 3.14. The summed E-state index contributed by atoms with van der Waals surface area (Å²) in [6.45, 7) is 2.12. The van der Waals surface area contributed by atoms with E-state index in [9.17, 15) is 14.4 Å². The summed E-state index contributed by atoms with van der Waals surface area (Å²) in [5.41, 5.74) is 7.08. The van der Waals surface area contributed by atoms with Crippen molar-refractivity contribution in [2.75, 3.05) is 36.3 Å². The molecule has 0 heterocycles. The Kier molecular flexibility index (Phi) is 9.11. The largest absolute Gasteiger partial charge is 0.399 e. The van der Waals surface area contributed by atoms with Gasteiger partial charge < -0.3 is 20.6 Å². The lowest BCUT2D eigenvalue weighted by Crippen LogP contribution is -2.15. The number of hydrogen-bond donors (Lipinski definition) is 2. The molecule has 0 aliphatic heterocycles. The number of nitrogens with one attached hydrogen (secondary N) is 1. The van der Waals surface area contributed by atoms with E-state index in [1.165, 1.54) is 18.7 Å². The maximum atomic E-state index is 12.1. The van der Waals surface area contributed by atoms with Crippen LogP contribution in [0.5, 0.6) is 0 Å². The van der Waals surface area contributed by atoms with Crippen molar-refractivity contribution in [1.29, 1.82) is 0 Å². The van der Waals surface area contributed by atoms with Gasteiger partial charge in [-0.25, -0.2) is 0 Å². The van der Waals surface area contributed by atoms with Crippen LogP contribution in [0.25, 0.3) is 0 Å². The zero-order valence-corrected chi connectivity index (χ0v) is 14.9. The highest BCUT2D eigenvalue weighted by atomic mass is 32.2. The number of anilines is 2. The van der Waals surface area contributed by atoms with E-state index in [1.54, 1.807) is 25.3 Å². The molecule has 0 saturated heterocycles. The lowest BCUT2D eigenvalue weighted by Gasteiger charge is -2.09. The first kappa shape index (κ1) is 20.2. The molecule has 0 aromatic heterocycles. The predicted octanol–water partition coefficient (Wildman–Crippen LogP) is 2.53. The van der Waals surface area contributed by atoms with Crippen LogP contribution in [0.15, 0.2) is 18.2 Å². The standard InChI is InChI=1S/C17H24N2O4S/c1-12(20)4-5-16(21)13-8-14(18)10-15(9-13)19-17(22)11-24-7-3-6-23-2/h8-10H,3-7,11,18H2,1-2H3,(H,19,22). The maximum Gasteiger partial charge on any atom is 0.234 e. The highest BCUT2D eigenvalue weighted by molar-refractivity contribution is 7.99. The van der Waals surface area contributed by atoms with Crippen LogP contribution in [-0.4, -0.2) is 42.7 Å². The number of thioether (sulfide) groups is 1. The number of nitrogens with two attached hydrogens (primary N) is 1. The second-order valence-corrected chi connectivity index (χ2v) is 6.52. The van der Waals surface area contributed by atoms with E-state index >= 15 is 0 Å². The molecule has 132 valence electrons. The Bertz CT molecular complexity index is 590. The zero-order valence-electron chi connectivity index (χ0n) is 14.1. The fourth-order valence-electron chi connectivity index (χ4n) is 1.99. The number of hydrogen-bond acceptors (Lipinski definition) is 6. The number of carbonyl (C=O) groups is 3. The van der Waals surface area contributed by atoms with Crippen LogP contribution in [0.4, 0.5) is 11.4 Å². The van der Waals surface area contributed by atoms with Gasteiger partial charge in [-0.15, -0.1) is 0 Å². The zero-order chi connectivity index (χ0) is 17.9. The lowest BCUT2D eigenvalue weighted by molar-refractivity contribution is -0.117. The second-order valence-electron chi connectivity index (χ2n) is 5.42. The molecular formula is C17H24N2O4S. The van der Waals surface area contributed by atoms with Crippen LogP contribution >= 0.6 is 11.8 Å². The molecule has 0 fully saturated rings. The van der Waals surface area contributed by atoms with Crippen molar-refractivity contribution in [3.63, 3.8) is 0 Å². The first-order valence-corrected chi connectivity index (χ1v) is 8.87. The number of ketones is 2.